The van der Waals surface area contributed by atoms with Crippen LogP contribution in [0.2, 0.25) is 0 Å². The zero-order chi connectivity index (χ0) is 15.0. The fourth-order valence-corrected chi connectivity index (χ4v) is 1.62. The molecule has 0 radical (unpaired) electrons. The minimum atomic E-state index is -1.24. The smallest absolute Gasteiger partial charge is 0.326 e. The third-order valence-corrected chi connectivity index (χ3v) is 2.90. The second kappa shape index (κ2) is 8.36. The van der Waals surface area contributed by atoms with Gasteiger partial charge in [-0.05, 0) is 32.2 Å². The Morgan fingerprint density at radius 1 is 1.15 bits per heavy atom. The largest absolute Gasteiger partial charge is 0.481 e. The molecule has 5 N–H and O–H groups in total. The van der Waals surface area contributed by atoms with Gasteiger partial charge >= 0.3 is 18.0 Å². The van der Waals surface area contributed by atoms with Crippen molar-refractivity contribution in [2.75, 3.05) is 13.1 Å². The zero-order valence-corrected chi connectivity index (χ0v) is 11.2. The average molecular weight is 287 g/mol. The number of aliphatic carboxylic acids is 2. The molecule has 0 aliphatic heterocycles. The quantitative estimate of drug-likeness (QED) is 0.352. The van der Waals surface area contributed by atoms with Crippen LogP contribution in [0.25, 0.3) is 0 Å². The number of nitrogens with one attached hydrogen (secondary N) is 3. The van der Waals surface area contributed by atoms with E-state index in [0.717, 1.165) is 13.0 Å². The average Bonchev–Trinajstić information content (AvgIpc) is 3.17. The van der Waals surface area contributed by atoms with E-state index in [1.165, 1.54) is 12.8 Å². The summed E-state index contributed by atoms with van der Waals surface area (Å²) >= 11 is 0. The highest BCUT2D eigenvalue weighted by Gasteiger charge is 2.21. The lowest BCUT2D eigenvalue weighted by Crippen LogP contribution is -2.46. The molecule has 0 aromatic rings. The number of carbonyl (C=O) groups is 3. The molecular formula is C12H21N3O5. The van der Waals surface area contributed by atoms with Gasteiger partial charge in [0.2, 0.25) is 0 Å². The monoisotopic (exact) mass is 287 g/mol. The van der Waals surface area contributed by atoms with Gasteiger partial charge in [0.25, 0.3) is 0 Å². The normalized spacial score (nSPS) is 15.4. The van der Waals surface area contributed by atoms with Crippen molar-refractivity contribution in [3.63, 3.8) is 0 Å². The SMILES string of the molecule is O=C(O)CCC(NC(=O)NCCCNC1CC1)C(=O)O. The topological polar surface area (TPSA) is 128 Å². The van der Waals surface area contributed by atoms with Crippen molar-refractivity contribution >= 4 is 18.0 Å². The van der Waals surface area contributed by atoms with E-state index in [-0.39, 0.29) is 12.8 Å². The van der Waals surface area contributed by atoms with E-state index in [9.17, 15) is 14.4 Å². The maximum Gasteiger partial charge on any atom is 0.326 e. The maximum absolute atomic E-state index is 11.5. The number of rotatable bonds is 10. The molecule has 1 aliphatic rings. The molecule has 1 fully saturated rings. The lowest BCUT2D eigenvalue weighted by molar-refractivity contribution is -0.140. The predicted octanol–water partition coefficient (Wildman–Crippen LogP) is -0.254. The molecule has 0 aromatic carbocycles. The van der Waals surface area contributed by atoms with Crippen LogP contribution in [0.4, 0.5) is 4.79 Å². The van der Waals surface area contributed by atoms with Crippen LogP contribution in [-0.4, -0.2) is 53.4 Å². The fourth-order valence-electron chi connectivity index (χ4n) is 1.62. The number of carboxylic acid groups (broad SMARTS) is 2. The first-order chi connectivity index (χ1) is 9.49. The first kappa shape index (κ1) is 16.2. The summed E-state index contributed by atoms with van der Waals surface area (Å²) in [5.41, 5.74) is 0. The van der Waals surface area contributed by atoms with Crippen LogP contribution in [0.1, 0.15) is 32.1 Å². The van der Waals surface area contributed by atoms with Crippen molar-refractivity contribution in [1.29, 1.82) is 0 Å². The Morgan fingerprint density at radius 2 is 1.85 bits per heavy atom. The summed E-state index contributed by atoms with van der Waals surface area (Å²) < 4.78 is 0. The molecule has 1 aliphatic carbocycles. The second-order valence-corrected chi connectivity index (χ2v) is 4.81. The van der Waals surface area contributed by atoms with Gasteiger partial charge < -0.3 is 26.2 Å². The molecule has 0 spiro atoms. The molecule has 114 valence electrons. The van der Waals surface area contributed by atoms with Gasteiger partial charge in [-0.15, -0.1) is 0 Å². The molecule has 0 aromatic heterocycles. The molecule has 2 amide bonds. The summed E-state index contributed by atoms with van der Waals surface area (Å²) in [5, 5.41) is 25.5. The third kappa shape index (κ3) is 7.57. The first-order valence-corrected chi connectivity index (χ1v) is 6.71. The molecule has 0 heterocycles. The molecule has 0 bridgehead atoms. The van der Waals surface area contributed by atoms with E-state index in [2.05, 4.69) is 16.0 Å². The van der Waals surface area contributed by atoms with Crippen molar-refractivity contribution in [2.45, 2.75) is 44.2 Å². The van der Waals surface area contributed by atoms with Gasteiger partial charge in [0.15, 0.2) is 0 Å². The van der Waals surface area contributed by atoms with E-state index in [1.54, 1.807) is 0 Å². The predicted molar refractivity (Wildman–Crippen MR) is 70.5 cm³/mol. The number of carboxylic acids is 2. The lowest BCUT2D eigenvalue weighted by Gasteiger charge is -2.14. The maximum atomic E-state index is 11.5. The van der Waals surface area contributed by atoms with Crippen LogP contribution < -0.4 is 16.0 Å². The minimum absolute atomic E-state index is 0.138. The van der Waals surface area contributed by atoms with E-state index in [4.69, 9.17) is 10.2 Å². The first-order valence-electron chi connectivity index (χ1n) is 6.71. The second-order valence-electron chi connectivity index (χ2n) is 4.81. The van der Waals surface area contributed by atoms with Gasteiger partial charge in [-0.1, -0.05) is 0 Å². The molecule has 1 rings (SSSR count). The van der Waals surface area contributed by atoms with Crippen molar-refractivity contribution in [3.05, 3.63) is 0 Å². The van der Waals surface area contributed by atoms with E-state index < -0.39 is 24.0 Å². The number of amides is 2. The van der Waals surface area contributed by atoms with Gasteiger partial charge in [-0.25, -0.2) is 9.59 Å². The van der Waals surface area contributed by atoms with Crippen LogP contribution in [0, 0.1) is 0 Å². The van der Waals surface area contributed by atoms with Crippen LogP contribution >= 0.6 is 0 Å². The highest BCUT2D eigenvalue weighted by molar-refractivity contribution is 5.82. The molecular weight excluding hydrogens is 266 g/mol. The van der Waals surface area contributed by atoms with Crippen molar-refractivity contribution < 1.29 is 24.6 Å². The highest BCUT2D eigenvalue weighted by atomic mass is 16.4. The summed E-state index contributed by atoms with van der Waals surface area (Å²) in [6, 6.07) is -1.15. The molecule has 20 heavy (non-hydrogen) atoms. The van der Waals surface area contributed by atoms with Crippen molar-refractivity contribution in [3.8, 4) is 0 Å². The molecule has 8 nitrogen and oxygen atoms in total. The Labute approximate surface area is 116 Å². The number of hydrogen-bond acceptors (Lipinski definition) is 4. The van der Waals surface area contributed by atoms with Crippen molar-refractivity contribution in [2.24, 2.45) is 0 Å². The standard InChI is InChI=1S/C12H21N3O5/c16-10(17)5-4-9(11(18)19)15-12(20)14-7-1-6-13-8-2-3-8/h8-9,13H,1-7H2,(H,16,17)(H,18,19)(H2,14,15,20). The summed E-state index contributed by atoms with van der Waals surface area (Å²) in [4.78, 5) is 32.7. The fraction of sp³-hybridized carbons (Fsp3) is 0.750. The number of urea groups is 1. The van der Waals surface area contributed by atoms with Crippen LogP contribution in [-0.2, 0) is 9.59 Å². The number of hydrogen-bond donors (Lipinski definition) is 5. The van der Waals surface area contributed by atoms with Crippen LogP contribution in [0.3, 0.4) is 0 Å². The zero-order valence-electron chi connectivity index (χ0n) is 11.2. The van der Waals surface area contributed by atoms with E-state index in [0.29, 0.717) is 12.6 Å². The summed E-state index contributed by atoms with van der Waals surface area (Å²) in [7, 11) is 0. The summed E-state index contributed by atoms with van der Waals surface area (Å²) in [6.45, 7) is 1.25. The van der Waals surface area contributed by atoms with Crippen LogP contribution in [0.5, 0.6) is 0 Å². The van der Waals surface area contributed by atoms with Gasteiger partial charge in [-0.3, -0.25) is 4.79 Å². The van der Waals surface area contributed by atoms with E-state index in [1.807, 2.05) is 0 Å². The Bertz CT molecular complexity index is 357. The molecule has 1 unspecified atom stereocenters. The highest BCUT2D eigenvalue weighted by Crippen LogP contribution is 2.18. The number of carbonyl (C=O) groups excluding carboxylic acids is 1. The Kier molecular flexibility index (Phi) is 6.78. The van der Waals surface area contributed by atoms with Gasteiger partial charge in [0.1, 0.15) is 6.04 Å². The van der Waals surface area contributed by atoms with Crippen molar-refractivity contribution in [1.82, 2.24) is 16.0 Å². The van der Waals surface area contributed by atoms with Crippen LogP contribution in [0.15, 0.2) is 0 Å². The third-order valence-electron chi connectivity index (χ3n) is 2.90. The van der Waals surface area contributed by atoms with Gasteiger partial charge in [0.05, 0.1) is 0 Å². The molecule has 0 saturated heterocycles. The Hall–Kier alpha value is -1.83. The summed E-state index contributed by atoms with van der Waals surface area (Å²) in [6.07, 6.45) is 2.73. The molecule has 1 saturated carbocycles. The van der Waals surface area contributed by atoms with Gasteiger partial charge in [0, 0.05) is 19.0 Å². The Balaban J connectivity index is 2.12. The summed E-state index contributed by atoms with van der Waals surface area (Å²) in [5.74, 6) is -2.33. The van der Waals surface area contributed by atoms with Gasteiger partial charge in [-0.2, -0.15) is 0 Å². The lowest BCUT2D eigenvalue weighted by atomic mass is 10.1. The Morgan fingerprint density at radius 3 is 2.40 bits per heavy atom. The van der Waals surface area contributed by atoms with E-state index >= 15 is 0 Å². The minimum Gasteiger partial charge on any atom is -0.481 e. The molecule has 8 heteroatoms. The molecule has 1 atom stereocenters.